The fraction of sp³-hybridized carbons (Fsp3) is 0.500. The summed E-state index contributed by atoms with van der Waals surface area (Å²) >= 11 is 0. The minimum atomic E-state index is -0.188. The summed E-state index contributed by atoms with van der Waals surface area (Å²) in [5.41, 5.74) is 0.607. The van der Waals surface area contributed by atoms with E-state index in [0.29, 0.717) is 18.5 Å². The number of hydrogen-bond donors (Lipinski definition) is 2. The van der Waals surface area contributed by atoms with Crippen LogP contribution in [0, 0.1) is 0 Å². The second-order valence-electron chi connectivity index (χ2n) is 5.45. The second kappa shape index (κ2) is 9.13. The van der Waals surface area contributed by atoms with Crippen LogP contribution < -0.4 is 10.6 Å². The fourth-order valence-corrected chi connectivity index (χ4v) is 1.92. The highest BCUT2D eigenvalue weighted by molar-refractivity contribution is 5.94. The molecule has 0 aliphatic carbocycles. The molecule has 0 radical (unpaired) electrons. The zero-order valence-electron chi connectivity index (χ0n) is 13.1. The van der Waals surface area contributed by atoms with Crippen molar-refractivity contribution in [3.05, 3.63) is 35.9 Å². The topological polar surface area (TPSA) is 61.4 Å². The highest BCUT2D eigenvalue weighted by Gasteiger charge is 2.12. The molecular weight excluding hydrogens is 266 g/mol. The number of rotatable bonds is 8. The van der Waals surface area contributed by atoms with E-state index in [2.05, 4.69) is 15.5 Å². The molecule has 0 saturated carbocycles. The average molecular weight is 291 g/mol. The van der Waals surface area contributed by atoms with E-state index in [9.17, 15) is 9.59 Å². The van der Waals surface area contributed by atoms with Crippen LogP contribution in [0.1, 0.15) is 30.1 Å². The molecule has 5 heteroatoms. The summed E-state index contributed by atoms with van der Waals surface area (Å²) in [6, 6.07) is 8.81. The van der Waals surface area contributed by atoms with E-state index in [4.69, 9.17) is 0 Å². The van der Waals surface area contributed by atoms with Crippen LogP contribution in [-0.4, -0.2) is 49.9 Å². The summed E-state index contributed by atoms with van der Waals surface area (Å²) in [4.78, 5) is 25.7. The number of amides is 2. The van der Waals surface area contributed by atoms with Crippen molar-refractivity contribution in [2.75, 3.05) is 27.2 Å². The number of benzene rings is 1. The standard InChI is InChI=1S/C16H25N3O2/c1-13(12-15(20)17-10-7-11-19(2)3)18-16(21)14-8-5-4-6-9-14/h4-6,8-9,13H,7,10-12H2,1-3H3,(H,17,20)(H,18,21). The Morgan fingerprint density at radius 2 is 1.86 bits per heavy atom. The summed E-state index contributed by atoms with van der Waals surface area (Å²) in [6.07, 6.45) is 1.21. The van der Waals surface area contributed by atoms with E-state index >= 15 is 0 Å². The van der Waals surface area contributed by atoms with Crippen molar-refractivity contribution in [2.45, 2.75) is 25.8 Å². The Morgan fingerprint density at radius 3 is 2.48 bits per heavy atom. The molecule has 0 fully saturated rings. The van der Waals surface area contributed by atoms with Crippen LogP contribution in [0.4, 0.5) is 0 Å². The van der Waals surface area contributed by atoms with Gasteiger partial charge in [-0.3, -0.25) is 9.59 Å². The highest BCUT2D eigenvalue weighted by Crippen LogP contribution is 2.00. The van der Waals surface area contributed by atoms with Crippen molar-refractivity contribution in [3.63, 3.8) is 0 Å². The molecule has 116 valence electrons. The van der Waals surface area contributed by atoms with Crippen LogP contribution >= 0.6 is 0 Å². The molecule has 5 nitrogen and oxygen atoms in total. The van der Waals surface area contributed by atoms with Gasteiger partial charge in [-0.15, -0.1) is 0 Å². The Labute approximate surface area is 126 Å². The Hall–Kier alpha value is -1.88. The fourth-order valence-electron chi connectivity index (χ4n) is 1.92. The van der Waals surface area contributed by atoms with Crippen molar-refractivity contribution >= 4 is 11.8 Å². The molecule has 1 aromatic carbocycles. The smallest absolute Gasteiger partial charge is 0.251 e. The summed E-state index contributed by atoms with van der Waals surface area (Å²) in [6.45, 7) is 3.44. The van der Waals surface area contributed by atoms with Crippen molar-refractivity contribution in [1.82, 2.24) is 15.5 Å². The Morgan fingerprint density at radius 1 is 1.19 bits per heavy atom. The molecule has 1 unspecified atom stereocenters. The molecule has 1 atom stereocenters. The molecule has 1 aromatic rings. The van der Waals surface area contributed by atoms with Crippen LogP contribution in [-0.2, 0) is 4.79 Å². The maximum absolute atomic E-state index is 11.9. The summed E-state index contributed by atoms with van der Waals surface area (Å²) in [5.74, 6) is -0.182. The predicted molar refractivity (Wildman–Crippen MR) is 84.2 cm³/mol. The van der Waals surface area contributed by atoms with Crippen LogP contribution in [0.15, 0.2) is 30.3 Å². The van der Waals surface area contributed by atoms with E-state index in [-0.39, 0.29) is 17.9 Å². The Balaban J connectivity index is 2.25. The minimum absolute atomic E-state index is 0.0328. The second-order valence-corrected chi connectivity index (χ2v) is 5.45. The zero-order valence-corrected chi connectivity index (χ0v) is 13.1. The molecule has 2 N–H and O–H groups in total. The van der Waals surface area contributed by atoms with Crippen LogP contribution in [0.25, 0.3) is 0 Å². The number of nitrogens with zero attached hydrogens (tertiary/aromatic N) is 1. The van der Waals surface area contributed by atoms with Crippen molar-refractivity contribution in [1.29, 1.82) is 0 Å². The van der Waals surface area contributed by atoms with E-state index in [1.165, 1.54) is 0 Å². The first kappa shape index (κ1) is 17.2. The molecule has 0 aromatic heterocycles. The maximum Gasteiger partial charge on any atom is 0.251 e. The maximum atomic E-state index is 11.9. The van der Waals surface area contributed by atoms with Gasteiger partial charge in [0, 0.05) is 24.6 Å². The molecule has 1 rings (SSSR count). The quantitative estimate of drug-likeness (QED) is 0.709. The first-order chi connectivity index (χ1) is 9.99. The van der Waals surface area contributed by atoms with Crippen LogP contribution in [0.2, 0.25) is 0 Å². The van der Waals surface area contributed by atoms with Gasteiger partial charge in [-0.2, -0.15) is 0 Å². The van der Waals surface area contributed by atoms with Gasteiger partial charge in [0.15, 0.2) is 0 Å². The van der Waals surface area contributed by atoms with Gasteiger partial charge >= 0.3 is 0 Å². The van der Waals surface area contributed by atoms with Gasteiger partial charge in [-0.25, -0.2) is 0 Å². The monoisotopic (exact) mass is 291 g/mol. The van der Waals surface area contributed by atoms with E-state index in [0.717, 1.165) is 13.0 Å². The van der Waals surface area contributed by atoms with Crippen LogP contribution in [0.3, 0.4) is 0 Å². The number of carbonyl (C=O) groups is 2. The third-order valence-corrected chi connectivity index (χ3v) is 3.01. The lowest BCUT2D eigenvalue weighted by molar-refractivity contribution is -0.121. The van der Waals surface area contributed by atoms with Gasteiger partial charge in [0.25, 0.3) is 5.91 Å². The summed E-state index contributed by atoms with van der Waals surface area (Å²) in [5, 5.41) is 5.69. The number of hydrogen-bond acceptors (Lipinski definition) is 3. The van der Waals surface area contributed by atoms with Crippen LogP contribution in [0.5, 0.6) is 0 Å². The highest BCUT2D eigenvalue weighted by atomic mass is 16.2. The normalized spacial score (nSPS) is 12.0. The predicted octanol–water partition coefficient (Wildman–Crippen LogP) is 1.26. The Bertz CT molecular complexity index is 446. The molecule has 0 aliphatic rings. The van der Waals surface area contributed by atoms with Gasteiger partial charge in [0.2, 0.25) is 5.91 Å². The van der Waals surface area contributed by atoms with Crippen molar-refractivity contribution in [2.24, 2.45) is 0 Å². The first-order valence-electron chi connectivity index (χ1n) is 7.26. The molecule has 0 saturated heterocycles. The lowest BCUT2D eigenvalue weighted by atomic mass is 10.1. The number of carbonyl (C=O) groups excluding carboxylic acids is 2. The third kappa shape index (κ3) is 7.46. The van der Waals surface area contributed by atoms with Gasteiger partial charge in [0.05, 0.1) is 0 Å². The van der Waals surface area contributed by atoms with E-state index < -0.39 is 0 Å². The molecule has 0 heterocycles. The zero-order chi connectivity index (χ0) is 15.7. The molecule has 0 spiro atoms. The van der Waals surface area contributed by atoms with Crippen molar-refractivity contribution in [3.8, 4) is 0 Å². The minimum Gasteiger partial charge on any atom is -0.356 e. The van der Waals surface area contributed by atoms with E-state index in [1.807, 2.05) is 39.2 Å². The Kier molecular flexibility index (Phi) is 7.46. The SMILES string of the molecule is CC(CC(=O)NCCCN(C)C)NC(=O)c1ccccc1. The summed E-state index contributed by atoms with van der Waals surface area (Å²) in [7, 11) is 4.01. The largest absolute Gasteiger partial charge is 0.356 e. The molecule has 21 heavy (non-hydrogen) atoms. The van der Waals surface area contributed by atoms with Gasteiger partial charge in [-0.1, -0.05) is 18.2 Å². The number of nitrogens with one attached hydrogen (secondary N) is 2. The average Bonchev–Trinajstić information content (AvgIpc) is 2.44. The van der Waals surface area contributed by atoms with Gasteiger partial charge in [-0.05, 0) is 46.1 Å². The van der Waals surface area contributed by atoms with Gasteiger partial charge in [0.1, 0.15) is 0 Å². The molecule has 2 amide bonds. The molecular formula is C16H25N3O2. The third-order valence-electron chi connectivity index (χ3n) is 3.01. The summed E-state index contributed by atoms with van der Waals surface area (Å²) < 4.78 is 0. The first-order valence-corrected chi connectivity index (χ1v) is 7.26. The van der Waals surface area contributed by atoms with Crippen molar-refractivity contribution < 1.29 is 9.59 Å². The van der Waals surface area contributed by atoms with Gasteiger partial charge < -0.3 is 15.5 Å². The van der Waals surface area contributed by atoms with E-state index in [1.54, 1.807) is 12.1 Å². The lowest BCUT2D eigenvalue weighted by Gasteiger charge is -2.14. The molecule has 0 bridgehead atoms. The molecule has 0 aliphatic heterocycles. The lowest BCUT2D eigenvalue weighted by Crippen LogP contribution is -2.37.